The predicted octanol–water partition coefficient (Wildman–Crippen LogP) is 1.39. The van der Waals surface area contributed by atoms with Gasteiger partial charge in [0, 0.05) is 37.9 Å². The number of anilines is 2. The van der Waals surface area contributed by atoms with Gasteiger partial charge in [0.1, 0.15) is 24.1 Å². The molecular formula is C21H22F3N5O6S. The molecular weight excluding hydrogens is 507 g/mol. The average Bonchev–Trinajstić information content (AvgIpc) is 3.18. The van der Waals surface area contributed by atoms with Crippen LogP contribution in [0.3, 0.4) is 0 Å². The first kappa shape index (κ1) is 24.5. The Morgan fingerprint density at radius 2 is 1.86 bits per heavy atom. The number of aryl methyl sites for hydroxylation is 1. The molecule has 0 bridgehead atoms. The molecule has 0 aliphatic carbocycles. The number of amides is 1. The molecule has 1 N–H and O–H groups in total. The van der Waals surface area contributed by atoms with E-state index >= 15 is 0 Å². The molecule has 0 spiro atoms. The Labute approximate surface area is 204 Å². The van der Waals surface area contributed by atoms with Crippen LogP contribution in [0.4, 0.5) is 29.6 Å². The lowest BCUT2D eigenvalue weighted by atomic mass is 10.1. The number of benzene rings is 1. The third-order valence-corrected chi connectivity index (χ3v) is 8.18. The Balaban J connectivity index is 1.32. The van der Waals surface area contributed by atoms with E-state index in [1.54, 1.807) is 0 Å². The molecule has 5 rings (SSSR count). The number of hydrogen-bond acceptors (Lipinski definition) is 9. The van der Waals surface area contributed by atoms with Crippen LogP contribution in [0.25, 0.3) is 0 Å². The van der Waals surface area contributed by atoms with E-state index in [0.29, 0.717) is 5.69 Å². The molecule has 0 radical (unpaired) electrons. The molecule has 194 valence electrons. The highest BCUT2D eigenvalue weighted by Gasteiger charge is 2.46. The minimum atomic E-state index is -4.62. The quantitative estimate of drug-likeness (QED) is 0.626. The van der Waals surface area contributed by atoms with Crippen molar-refractivity contribution in [1.82, 2.24) is 14.3 Å². The Hall–Kier alpha value is -3.17. The number of carbonyl (C=O) groups is 1. The van der Waals surface area contributed by atoms with E-state index in [4.69, 9.17) is 9.47 Å². The maximum atomic E-state index is 13.3. The van der Waals surface area contributed by atoms with Gasteiger partial charge in [-0.05, 0) is 25.1 Å². The lowest BCUT2D eigenvalue weighted by molar-refractivity contribution is -0.141. The van der Waals surface area contributed by atoms with E-state index < -0.39 is 40.1 Å². The van der Waals surface area contributed by atoms with Gasteiger partial charge in [-0.15, -0.1) is 0 Å². The smallest absolute Gasteiger partial charge is 0.433 e. The van der Waals surface area contributed by atoms with E-state index in [9.17, 15) is 31.5 Å². The van der Waals surface area contributed by atoms with Crippen molar-refractivity contribution in [3.8, 4) is 5.75 Å². The number of ether oxygens (including phenoxy) is 2. The van der Waals surface area contributed by atoms with E-state index in [0.717, 1.165) is 6.07 Å². The zero-order valence-corrected chi connectivity index (χ0v) is 19.8. The summed E-state index contributed by atoms with van der Waals surface area (Å²) in [6.07, 6.45) is -6.01. The maximum absolute atomic E-state index is 13.3. The van der Waals surface area contributed by atoms with Gasteiger partial charge < -0.3 is 19.5 Å². The number of alkyl halides is 3. The van der Waals surface area contributed by atoms with Gasteiger partial charge in [0.05, 0.1) is 17.2 Å². The highest BCUT2D eigenvalue weighted by atomic mass is 32.2. The van der Waals surface area contributed by atoms with Gasteiger partial charge in [-0.2, -0.15) is 17.5 Å². The largest absolute Gasteiger partial charge is 0.489 e. The number of aromatic nitrogens is 2. The molecule has 4 heterocycles. The number of carbonyl (C=O) groups excluding carboxylic acids is 1. The van der Waals surface area contributed by atoms with Crippen LogP contribution in [0.5, 0.6) is 5.75 Å². The summed E-state index contributed by atoms with van der Waals surface area (Å²) in [6, 6.07) is 4.46. The van der Waals surface area contributed by atoms with Gasteiger partial charge in [-0.3, -0.25) is 4.90 Å². The first-order valence-corrected chi connectivity index (χ1v) is 12.5. The number of rotatable bonds is 4. The maximum Gasteiger partial charge on any atom is 0.433 e. The highest BCUT2D eigenvalue weighted by molar-refractivity contribution is 7.89. The van der Waals surface area contributed by atoms with E-state index in [1.807, 2.05) is 0 Å². The van der Waals surface area contributed by atoms with Gasteiger partial charge in [-0.1, -0.05) is 0 Å². The van der Waals surface area contributed by atoms with Crippen molar-refractivity contribution in [1.29, 1.82) is 0 Å². The van der Waals surface area contributed by atoms with Crippen molar-refractivity contribution in [2.75, 3.05) is 49.2 Å². The molecule has 0 unspecified atom stereocenters. The minimum absolute atomic E-state index is 0.0115. The second-order valence-electron chi connectivity index (χ2n) is 8.57. The first-order valence-electron chi connectivity index (χ1n) is 11.0. The minimum Gasteiger partial charge on any atom is -0.489 e. The Morgan fingerprint density at radius 1 is 1.14 bits per heavy atom. The van der Waals surface area contributed by atoms with Crippen LogP contribution in [0.2, 0.25) is 0 Å². The molecule has 2 aromatic rings. The van der Waals surface area contributed by atoms with E-state index in [2.05, 4.69) is 9.97 Å². The normalized spacial score (nSPS) is 22.6. The fourth-order valence-electron chi connectivity index (χ4n) is 4.45. The summed E-state index contributed by atoms with van der Waals surface area (Å²) in [5.74, 6) is 0.0872. The summed E-state index contributed by atoms with van der Waals surface area (Å²) in [6.45, 7) is 1.33. The molecule has 2 atom stereocenters. The lowest BCUT2D eigenvalue weighted by Gasteiger charge is -2.35. The third kappa shape index (κ3) is 4.20. The van der Waals surface area contributed by atoms with Crippen LogP contribution in [0, 0.1) is 6.92 Å². The van der Waals surface area contributed by atoms with Crippen molar-refractivity contribution >= 4 is 27.8 Å². The molecule has 1 amide bonds. The van der Waals surface area contributed by atoms with Crippen molar-refractivity contribution in [2.24, 2.45) is 0 Å². The molecule has 36 heavy (non-hydrogen) atoms. The third-order valence-electron chi connectivity index (χ3n) is 6.28. The number of cyclic esters (lactones) is 1. The van der Waals surface area contributed by atoms with E-state index in [-0.39, 0.29) is 61.7 Å². The van der Waals surface area contributed by atoms with Crippen LogP contribution in [-0.4, -0.2) is 85.4 Å². The number of nitrogens with zero attached hydrogens (tertiary/aromatic N) is 5. The van der Waals surface area contributed by atoms with Crippen LogP contribution in [0.15, 0.2) is 29.2 Å². The molecule has 2 fully saturated rings. The molecule has 2 saturated heterocycles. The van der Waals surface area contributed by atoms with Crippen LogP contribution in [0.1, 0.15) is 11.4 Å². The van der Waals surface area contributed by atoms with Crippen molar-refractivity contribution in [3.05, 3.63) is 35.7 Å². The number of aliphatic hydroxyl groups is 1. The standard InChI is InChI=1S/C21H22F3N5O6S/c1-12-8-18(21(22,23)24)26-19(25-12)27-4-6-28(7-5-27)36(32,33)13-2-3-14-16(9-13)34-11-15-17(10-30)35-20(31)29(14)15/h2-3,8-9,15,17,30H,4-7,10-11H2,1H3/t15-,17+/m0/s1. The Bertz CT molecular complexity index is 1300. The molecule has 1 aromatic heterocycles. The molecule has 11 nitrogen and oxygen atoms in total. The van der Waals surface area contributed by atoms with Gasteiger partial charge in [0.2, 0.25) is 16.0 Å². The van der Waals surface area contributed by atoms with Gasteiger partial charge >= 0.3 is 12.3 Å². The summed E-state index contributed by atoms with van der Waals surface area (Å²) in [4.78, 5) is 22.7. The number of hydrogen-bond donors (Lipinski definition) is 1. The molecule has 1 aromatic carbocycles. The first-order chi connectivity index (χ1) is 17.0. The van der Waals surface area contributed by atoms with Crippen LogP contribution < -0.4 is 14.5 Å². The summed E-state index contributed by atoms with van der Waals surface area (Å²) >= 11 is 0. The molecule has 3 aliphatic rings. The number of halogens is 3. The van der Waals surface area contributed by atoms with Gasteiger partial charge in [0.25, 0.3) is 0 Å². The molecule has 3 aliphatic heterocycles. The second-order valence-corrected chi connectivity index (χ2v) is 10.5. The summed E-state index contributed by atoms with van der Waals surface area (Å²) in [5.41, 5.74) is -0.553. The Morgan fingerprint density at radius 3 is 2.53 bits per heavy atom. The average molecular weight is 529 g/mol. The zero-order chi connectivity index (χ0) is 25.8. The number of piperazine rings is 1. The number of fused-ring (bicyclic) bond motifs is 3. The Kier molecular flexibility index (Phi) is 5.95. The number of aliphatic hydroxyl groups excluding tert-OH is 1. The molecule has 0 saturated carbocycles. The van der Waals surface area contributed by atoms with Crippen molar-refractivity contribution < 1.29 is 41.0 Å². The monoisotopic (exact) mass is 529 g/mol. The number of sulfonamides is 1. The summed E-state index contributed by atoms with van der Waals surface area (Å²) in [7, 11) is -3.96. The van der Waals surface area contributed by atoms with Crippen LogP contribution >= 0.6 is 0 Å². The van der Waals surface area contributed by atoms with Gasteiger partial charge in [0.15, 0.2) is 6.10 Å². The summed E-state index contributed by atoms with van der Waals surface area (Å²) in [5, 5.41) is 9.41. The zero-order valence-electron chi connectivity index (χ0n) is 19.0. The van der Waals surface area contributed by atoms with Gasteiger partial charge in [-0.25, -0.2) is 23.2 Å². The lowest BCUT2D eigenvalue weighted by Crippen LogP contribution is -2.49. The fraction of sp³-hybridized carbons (Fsp3) is 0.476. The highest BCUT2D eigenvalue weighted by Crippen LogP contribution is 2.40. The fourth-order valence-corrected chi connectivity index (χ4v) is 5.88. The van der Waals surface area contributed by atoms with E-state index in [1.165, 1.54) is 39.2 Å². The van der Waals surface area contributed by atoms with Crippen LogP contribution in [-0.2, 0) is 20.9 Å². The predicted molar refractivity (Wildman–Crippen MR) is 118 cm³/mol. The second kappa shape index (κ2) is 8.74. The summed E-state index contributed by atoms with van der Waals surface area (Å²) < 4.78 is 78.0. The van der Waals surface area contributed by atoms with Crippen molar-refractivity contribution in [3.63, 3.8) is 0 Å². The van der Waals surface area contributed by atoms with Crippen molar-refractivity contribution in [2.45, 2.75) is 30.1 Å². The topological polar surface area (TPSA) is 125 Å². The molecule has 15 heteroatoms. The SMILES string of the molecule is Cc1cc(C(F)(F)F)nc(N2CCN(S(=O)(=O)c3ccc4c(c3)OC[C@H]3[C@@H](CO)OC(=O)N43)CC2)n1.